The smallest absolute Gasteiger partial charge is 0.251 e. The minimum Gasteiger partial charge on any atom is -0.376 e. The summed E-state index contributed by atoms with van der Waals surface area (Å²) in [6, 6.07) is 11.7. The second-order valence-electron chi connectivity index (χ2n) is 4.68. The van der Waals surface area contributed by atoms with Crippen LogP contribution in [0.25, 0.3) is 0 Å². The van der Waals surface area contributed by atoms with Crippen LogP contribution in [-0.2, 0) is 4.79 Å². The summed E-state index contributed by atoms with van der Waals surface area (Å²) in [5.74, 6) is -0.406. The van der Waals surface area contributed by atoms with Crippen molar-refractivity contribution < 1.29 is 9.59 Å². The SMILES string of the molecule is CNC(=O)c1ccc(NCC(=O)Nc2ccc(Cl)cc2Cl)cc1. The summed E-state index contributed by atoms with van der Waals surface area (Å²) in [6.07, 6.45) is 0. The summed E-state index contributed by atoms with van der Waals surface area (Å²) in [5, 5.41) is 9.08. The average Bonchev–Trinajstić information content (AvgIpc) is 2.55. The minimum absolute atomic E-state index is 0.0677. The molecule has 0 aliphatic heterocycles. The van der Waals surface area contributed by atoms with Gasteiger partial charge in [-0.3, -0.25) is 9.59 Å². The highest BCUT2D eigenvalue weighted by Gasteiger charge is 2.07. The fourth-order valence-corrected chi connectivity index (χ4v) is 2.31. The summed E-state index contributed by atoms with van der Waals surface area (Å²) in [6.45, 7) is 0.0677. The van der Waals surface area contributed by atoms with E-state index in [9.17, 15) is 9.59 Å². The zero-order valence-electron chi connectivity index (χ0n) is 12.3. The van der Waals surface area contributed by atoms with Gasteiger partial charge in [-0.1, -0.05) is 23.2 Å². The molecule has 5 nitrogen and oxygen atoms in total. The van der Waals surface area contributed by atoms with Crippen LogP contribution >= 0.6 is 23.2 Å². The lowest BCUT2D eigenvalue weighted by molar-refractivity contribution is -0.114. The summed E-state index contributed by atoms with van der Waals surface area (Å²) in [5.41, 5.74) is 1.78. The average molecular weight is 352 g/mol. The van der Waals surface area contributed by atoms with E-state index in [0.717, 1.165) is 5.69 Å². The van der Waals surface area contributed by atoms with E-state index >= 15 is 0 Å². The predicted molar refractivity (Wildman–Crippen MR) is 93.4 cm³/mol. The van der Waals surface area contributed by atoms with Crippen molar-refractivity contribution in [3.8, 4) is 0 Å². The normalized spacial score (nSPS) is 10.0. The summed E-state index contributed by atoms with van der Waals surface area (Å²) in [4.78, 5) is 23.3. The van der Waals surface area contributed by atoms with Crippen LogP contribution in [0.15, 0.2) is 42.5 Å². The van der Waals surface area contributed by atoms with Crippen molar-refractivity contribution in [1.29, 1.82) is 0 Å². The third-order valence-electron chi connectivity index (χ3n) is 3.03. The van der Waals surface area contributed by atoms with E-state index in [-0.39, 0.29) is 18.4 Å². The molecule has 3 N–H and O–H groups in total. The molecule has 0 heterocycles. The molecule has 23 heavy (non-hydrogen) atoms. The van der Waals surface area contributed by atoms with Gasteiger partial charge in [0.2, 0.25) is 5.91 Å². The van der Waals surface area contributed by atoms with Gasteiger partial charge in [-0.25, -0.2) is 0 Å². The first-order valence-corrected chi connectivity index (χ1v) is 7.56. The van der Waals surface area contributed by atoms with Gasteiger partial charge in [0.1, 0.15) is 0 Å². The van der Waals surface area contributed by atoms with Crippen LogP contribution in [0.2, 0.25) is 10.0 Å². The number of amides is 2. The van der Waals surface area contributed by atoms with Crippen molar-refractivity contribution in [3.63, 3.8) is 0 Å². The Morgan fingerprint density at radius 2 is 1.74 bits per heavy atom. The van der Waals surface area contributed by atoms with E-state index in [4.69, 9.17) is 23.2 Å². The zero-order chi connectivity index (χ0) is 16.8. The number of carbonyl (C=O) groups excluding carboxylic acids is 2. The number of carbonyl (C=O) groups is 2. The highest BCUT2D eigenvalue weighted by atomic mass is 35.5. The first kappa shape index (κ1) is 17.1. The first-order chi connectivity index (χ1) is 11.0. The number of benzene rings is 2. The van der Waals surface area contributed by atoms with E-state index in [1.807, 2.05) is 0 Å². The predicted octanol–water partition coefficient (Wildman–Crippen LogP) is 3.40. The number of anilines is 2. The number of hydrogen-bond donors (Lipinski definition) is 3. The molecule has 0 aliphatic rings. The topological polar surface area (TPSA) is 70.2 Å². The van der Waals surface area contributed by atoms with E-state index in [0.29, 0.717) is 21.3 Å². The number of nitrogens with one attached hydrogen (secondary N) is 3. The molecule has 2 rings (SSSR count). The molecule has 2 amide bonds. The maximum atomic E-state index is 11.9. The van der Waals surface area contributed by atoms with Crippen molar-refractivity contribution in [2.24, 2.45) is 0 Å². The summed E-state index contributed by atoms with van der Waals surface area (Å²) in [7, 11) is 1.57. The van der Waals surface area contributed by atoms with Gasteiger partial charge < -0.3 is 16.0 Å². The molecule has 0 aliphatic carbocycles. The lowest BCUT2D eigenvalue weighted by Gasteiger charge is -2.09. The molecule has 0 unspecified atom stereocenters. The van der Waals surface area contributed by atoms with Gasteiger partial charge in [0.05, 0.1) is 17.3 Å². The van der Waals surface area contributed by atoms with Gasteiger partial charge in [-0.2, -0.15) is 0 Å². The van der Waals surface area contributed by atoms with E-state index in [1.165, 1.54) is 0 Å². The van der Waals surface area contributed by atoms with Gasteiger partial charge in [-0.15, -0.1) is 0 Å². The number of rotatable bonds is 5. The molecule has 0 bridgehead atoms. The second-order valence-corrected chi connectivity index (χ2v) is 5.53. The monoisotopic (exact) mass is 351 g/mol. The Kier molecular flexibility index (Phi) is 5.84. The lowest BCUT2D eigenvalue weighted by atomic mass is 10.2. The third kappa shape index (κ3) is 4.87. The molecule has 0 radical (unpaired) electrons. The Morgan fingerprint density at radius 1 is 1.04 bits per heavy atom. The minimum atomic E-state index is -0.246. The fourth-order valence-electron chi connectivity index (χ4n) is 1.85. The molecular formula is C16H15Cl2N3O2. The Labute approximate surface area is 144 Å². The van der Waals surface area contributed by atoms with Gasteiger partial charge in [0.15, 0.2) is 0 Å². The molecule has 0 saturated carbocycles. The highest BCUT2D eigenvalue weighted by molar-refractivity contribution is 6.36. The molecule has 0 spiro atoms. The summed E-state index contributed by atoms with van der Waals surface area (Å²) >= 11 is 11.8. The van der Waals surface area contributed by atoms with Crippen LogP contribution in [0, 0.1) is 0 Å². The van der Waals surface area contributed by atoms with Gasteiger partial charge >= 0.3 is 0 Å². The van der Waals surface area contributed by atoms with Gasteiger partial charge in [0.25, 0.3) is 5.91 Å². The lowest BCUT2D eigenvalue weighted by Crippen LogP contribution is -2.22. The van der Waals surface area contributed by atoms with Crippen LogP contribution in [-0.4, -0.2) is 25.4 Å². The molecule has 2 aromatic carbocycles. The highest BCUT2D eigenvalue weighted by Crippen LogP contribution is 2.25. The van der Waals surface area contributed by atoms with E-state index in [1.54, 1.807) is 49.5 Å². The first-order valence-electron chi connectivity index (χ1n) is 6.80. The molecular weight excluding hydrogens is 337 g/mol. The van der Waals surface area contributed by atoms with Gasteiger partial charge in [0, 0.05) is 23.3 Å². The van der Waals surface area contributed by atoms with Gasteiger partial charge in [-0.05, 0) is 42.5 Å². The molecule has 2 aromatic rings. The van der Waals surface area contributed by atoms with Crippen molar-refractivity contribution in [1.82, 2.24) is 5.32 Å². The quantitative estimate of drug-likeness (QED) is 0.772. The van der Waals surface area contributed by atoms with Crippen molar-refractivity contribution in [2.75, 3.05) is 24.2 Å². The maximum absolute atomic E-state index is 11.9. The molecule has 0 fully saturated rings. The Hall–Kier alpha value is -2.24. The van der Waals surface area contributed by atoms with Crippen LogP contribution in [0.3, 0.4) is 0 Å². The molecule has 7 heteroatoms. The van der Waals surface area contributed by atoms with Crippen LogP contribution in [0.4, 0.5) is 11.4 Å². The Morgan fingerprint density at radius 3 is 2.35 bits per heavy atom. The van der Waals surface area contributed by atoms with Crippen molar-refractivity contribution >= 4 is 46.4 Å². The molecule has 0 saturated heterocycles. The molecule has 0 atom stereocenters. The fraction of sp³-hybridized carbons (Fsp3) is 0.125. The maximum Gasteiger partial charge on any atom is 0.251 e. The van der Waals surface area contributed by atoms with E-state index < -0.39 is 0 Å². The Bertz CT molecular complexity index is 718. The van der Waals surface area contributed by atoms with E-state index in [2.05, 4.69) is 16.0 Å². The number of hydrogen-bond acceptors (Lipinski definition) is 3. The molecule has 0 aromatic heterocycles. The van der Waals surface area contributed by atoms with Crippen molar-refractivity contribution in [2.45, 2.75) is 0 Å². The van der Waals surface area contributed by atoms with Crippen LogP contribution in [0.5, 0.6) is 0 Å². The summed E-state index contributed by atoms with van der Waals surface area (Å²) < 4.78 is 0. The molecule has 120 valence electrons. The standard InChI is InChI=1S/C16H15Cl2N3O2/c1-19-16(23)10-2-5-12(6-3-10)20-9-15(22)21-14-7-4-11(17)8-13(14)18/h2-8,20H,9H2,1H3,(H,19,23)(H,21,22). The Balaban J connectivity index is 1.90. The third-order valence-corrected chi connectivity index (χ3v) is 3.58. The zero-order valence-corrected chi connectivity index (χ0v) is 13.8. The number of halogens is 2. The second kappa shape index (κ2) is 7.85. The van der Waals surface area contributed by atoms with Crippen LogP contribution in [0.1, 0.15) is 10.4 Å². The van der Waals surface area contributed by atoms with Crippen LogP contribution < -0.4 is 16.0 Å². The van der Waals surface area contributed by atoms with Crippen molar-refractivity contribution in [3.05, 3.63) is 58.1 Å². The largest absolute Gasteiger partial charge is 0.376 e.